The number of alkyl halides is 3. The van der Waals surface area contributed by atoms with E-state index in [1.54, 1.807) is 28.0 Å². The number of rotatable bonds is 8. The number of anilines is 1. The van der Waals surface area contributed by atoms with E-state index in [0.29, 0.717) is 24.0 Å². The third-order valence-corrected chi connectivity index (χ3v) is 5.43. The number of nitrogens with zero attached hydrogens (tertiary/aromatic N) is 3. The third kappa shape index (κ3) is 5.77. The highest BCUT2D eigenvalue weighted by molar-refractivity contribution is 5.78. The number of hydrogen-bond donors (Lipinski definition) is 0. The molecular formula is C23H24F3N3O5. The molecule has 11 heteroatoms. The molecule has 0 bridgehead atoms. The van der Waals surface area contributed by atoms with Crippen LogP contribution < -0.4 is 14.4 Å². The largest absolute Gasteiger partial charge is 0.493 e. The minimum Gasteiger partial charge on any atom is -0.493 e. The minimum atomic E-state index is -4.68. The van der Waals surface area contributed by atoms with E-state index in [1.165, 1.54) is 7.11 Å². The highest BCUT2D eigenvalue weighted by atomic mass is 19.4. The molecule has 1 saturated heterocycles. The fourth-order valence-corrected chi connectivity index (χ4v) is 3.67. The molecule has 1 aliphatic rings. The number of hydrogen-bond acceptors (Lipinski definition) is 6. The number of carbonyl (C=O) groups excluding carboxylic acids is 1. The number of halogens is 3. The number of allylic oxidation sites excluding steroid dienone is 1. The van der Waals surface area contributed by atoms with E-state index in [0.717, 1.165) is 17.7 Å². The molecule has 1 fully saturated rings. The summed E-state index contributed by atoms with van der Waals surface area (Å²) in [6.45, 7) is 4.43. The summed E-state index contributed by atoms with van der Waals surface area (Å²) in [6.07, 6.45) is -2.25. The summed E-state index contributed by atoms with van der Waals surface area (Å²) in [5, 5.41) is 11.4. The summed E-state index contributed by atoms with van der Waals surface area (Å²) in [5.41, 5.74) is -0.628. The molecule has 1 aliphatic heterocycles. The van der Waals surface area contributed by atoms with Crippen molar-refractivity contribution in [3.05, 3.63) is 70.3 Å². The van der Waals surface area contributed by atoms with Crippen molar-refractivity contribution in [2.75, 3.05) is 44.8 Å². The molecule has 0 N–H and O–H groups in total. The van der Waals surface area contributed by atoms with Crippen molar-refractivity contribution in [3.63, 3.8) is 0 Å². The smallest absolute Gasteiger partial charge is 0.416 e. The van der Waals surface area contributed by atoms with Gasteiger partial charge in [0.2, 0.25) is 0 Å². The molecule has 0 aromatic heterocycles. The van der Waals surface area contributed by atoms with Gasteiger partial charge < -0.3 is 19.3 Å². The van der Waals surface area contributed by atoms with Gasteiger partial charge >= 0.3 is 6.18 Å². The fraction of sp³-hybridized carbons (Fsp3) is 0.348. The first-order chi connectivity index (χ1) is 16.1. The van der Waals surface area contributed by atoms with Gasteiger partial charge in [-0.05, 0) is 36.2 Å². The molecule has 2 aromatic rings. The predicted octanol–water partition coefficient (Wildman–Crippen LogP) is 4.08. The number of benzene rings is 2. The van der Waals surface area contributed by atoms with Crippen LogP contribution in [0.5, 0.6) is 11.5 Å². The Labute approximate surface area is 194 Å². The van der Waals surface area contributed by atoms with Crippen molar-refractivity contribution in [1.29, 1.82) is 0 Å². The zero-order valence-electron chi connectivity index (χ0n) is 18.5. The van der Waals surface area contributed by atoms with Gasteiger partial charge in [0.25, 0.3) is 11.6 Å². The number of amides is 1. The molecule has 0 aliphatic carbocycles. The fourth-order valence-electron chi connectivity index (χ4n) is 3.67. The molecule has 0 saturated carbocycles. The molecule has 0 unspecified atom stereocenters. The van der Waals surface area contributed by atoms with Gasteiger partial charge in [0.15, 0.2) is 18.1 Å². The van der Waals surface area contributed by atoms with E-state index in [2.05, 4.69) is 6.58 Å². The summed E-state index contributed by atoms with van der Waals surface area (Å²) in [6, 6.07) is 7.82. The Balaban J connectivity index is 1.61. The SMILES string of the molecule is C=CCc1ccc(OCC(=O)N2CCN(c3ccc(C(F)(F)F)cc3[N+](=O)[O-])CC2)c(OC)c1. The van der Waals surface area contributed by atoms with Crippen molar-refractivity contribution >= 4 is 17.3 Å². The minimum absolute atomic E-state index is 0.0886. The van der Waals surface area contributed by atoms with E-state index >= 15 is 0 Å². The summed E-state index contributed by atoms with van der Waals surface area (Å²) in [4.78, 5) is 26.3. The first-order valence-electron chi connectivity index (χ1n) is 10.4. The number of piperazine rings is 1. The zero-order valence-corrected chi connectivity index (χ0v) is 18.5. The Morgan fingerprint density at radius 2 is 1.85 bits per heavy atom. The zero-order chi connectivity index (χ0) is 24.9. The van der Waals surface area contributed by atoms with Gasteiger partial charge in [0, 0.05) is 32.2 Å². The second kappa shape index (κ2) is 10.4. The highest BCUT2D eigenvalue weighted by Crippen LogP contribution is 2.37. The van der Waals surface area contributed by atoms with Gasteiger partial charge in [0.1, 0.15) is 5.69 Å². The molecule has 182 valence electrons. The molecule has 34 heavy (non-hydrogen) atoms. The number of methoxy groups -OCH3 is 1. The first-order valence-corrected chi connectivity index (χ1v) is 10.4. The van der Waals surface area contributed by atoms with Gasteiger partial charge in [-0.2, -0.15) is 13.2 Å². The number of nitro benzene ring substituents is 1. The van der Waals surface area contributed by atoms with Crippen molar-refractivity contribution in [2.45, 2.75) is 12.6 Å². The van der Waals surface area contributed by atoms with Crippen molar-refractivity contribution in [1.82, 2.24) is 4.90 Å². The van der Waals surface area contributed by atoms with E-state index in [1.807, 2.05) is 6.07 Å². The molecule has 1 heterocycles. The van der Waals surface area contributed by atoms with E-state index in [-0.39, 0.29) is 44.4 Å². The Kier molecular flexibility index (Phi) is 7.64. The summed E-state index contributed by atoms with van der Waals surface area (Å²) in [5.74, 6) is 0.632. The van der Waals surface area contributed by atoms with Crippen LogP contribution in [0.4, 0.5) is 24.5 Å². The lowest BCUT2D eigenvalue weighted by atomic mass is 10.1. The molecule has 8 nitrogen and oxygen atoms in total. The average Bonchev–Trinajstić information content (AvgIpc) is 2.82. The number of carbonyl (C=O) groups is 1. The molecule has 0 radical (unpaired) electrons. The van der Waals surface area contributed by atoms with Crippen molar-refractivity contribution in [3.8, 4) is 11.5 Å². The van der Waals surface area contributed by atoms with Crippen molar-refractivity contribution < 1.29 is 32.4 Å². The second-order valence-corrected chi connectivity index (χ2v) is 7.59. The molecule has 0 spiro atoms. The summed E-state index contributed by atoms with van der Waals surface area (Å²) in [7, 11) is 1.50. The van der Waals surface area contributed by atoms with Gasteiger partial charge in [-0.1, -0.05) is 12.1 Å². The lowest BCUT2D eigenvalue weighted by Crippen LogP contribution is -2.50. The monoisotopic (exact) mass is 479 g/mol. The predicted molar refractivity (Wildman–Crippen MR) is 119 cm³/mol. The van der Waals surface area contributed by atoms with Crippen LogP contribution in [0.2, 0.25) is 0 Å². The quantitative estimate of drug-likeness (QED) is 0.322. The summed E-state index contributed by atoms with van der Waals surface area (Å²) >= 11 is 0. The maximum atomic E-state index is 12.9. The second-order valence-electron chi connectivity index (χ2n) is 7.59. The van der Waals surface area contributed by atoms with Crippen LogP contribution in [0, 0.1) is 10.1 Å². The maximum absolute atomic E-state index is 12.9. The van der Waals surface area contributed by atoms with Crippen LogP contribution in [0.25, 0.3) is 0 Å². The van der Waals surface area contributed by atoms with E-state index in [4.69, 9.17) is 9.47 Å². The van der Waals surface area contributed by atoms with Crippen molar-refractivity contribution in [2.24, 2.45) is 0 Å². The maximum Gasteiger partial charge on any atom is 0.416 e. The first kappa shape index (κ1) is 24.9. The Hall–Kier alpha value is -3.76. The lowest BCUT2D eigenvalue weighted by Gasteiger charge is -2.35. The Bertz CT molecular complexity index is 1070. The number of nitro groups is 1. The third-order valence-electron chi connectivity index (χ3n) is 5.43. The normalized spacial score (nSPS) is 14.0. The number of ether oxygens (including phenoxy) is 2. The molecule has 3 rings (SSSR count). The van der Waals surface area contributed by atoms with Gasteiger partial charge in [-0.3, -0.25) is 14.9 Å². The van der Waals surface area contributed by atoms with Crippen LogP contribution in [0.1, 0.15) is 11.1 Å². The topological polar surface area (TPSA) is 85.2 Å². The molecule has 2 aromatic carbocycles. The standard InChI is InChI=1S/C23H24F3N3O5/c1-3-4-16-5-8-20(21(13-16)33-2)34-15-22(30)28-11-9-27(10-12-28)18-7-6-17(23(24,25)26)14-19(18)29(31)32/h3,5-8,13-14H,1,4,9-12,15H2,2H3. The van der Waals surface area contributed by atoms with Crippen LogP contribution in [0.3, 0.4) is 0 Å². The van der Waals surface area contributed by atoms with Crippen LogP contribution in [0.15, 0.2) is 49.1 Å². The lowest BCUT2D eigenvalue weighted by molar-refractivity contribution is -0.384. The van der Waals surface area contributed by atoms with Gasteiger partial charge in [-0.25, -0.2) is 0 Å². The van der Waals surface area contributed by atoms with Crippen LogP contribution in [-0.4, -0.2) is 55.6 Å². The van der Waals surface area contributed by atoms with Gasteiger partial charge in [-0.15, -0.1) is 6.58 Å². The average molecular weight is 479 g/mol. The van der Waals surface area contributed by atoms with E-state index < -0.39 is 22.4 Å². The van der Waals surface area contributed by atoms with E-state index in [9.17, 15) is 28.1 Å². The Morgan fingerprint density at radius 1 is 1.15 bits per heavy atom. The Morgan fingerprint density at radius 3 is 2.44 bits per heavy atom. The van der Waals surface area contributed by atoms with Crippen LogP contribution in [-0.2, 0) is 17.4 Å². The highest BCUT2D eigenvalue weighted by Gasteiger charge is 2.34. The summed E-state index contributed by atoms with van der Waals surface area (Å²) < 4.78 is 49.8. The molecule has 1 amide bonds. The molecule has 0 atom stereocenters. The van der Waals surface area contributed by atoms with Crippen LogP contribution >= 0.6 is 0 Å². The van der Waals surface area contributed by atoms with Gasteiger partial charge in [0.05, 0.1) is 17.6 Å². The molecular weight excluding hydrogens is 455 g/mol.